The molecule has 136 valence electrons. The maximum Gasteiger partial charge on any atom is 0.254 e. The van der Waals surface area contributed by atoms with Crippen LogP contribution in [0.15, 0.2) is 30.6 Å². The summed E-state index contributed by atoms with van der Waals surface area (Å²) in [6.45, 7) is 5.73. The highest BCUT2D eigenvalue weighted by Crippen LogP contribution is 2.35. The zero-order chi connectivity index (χ0) is 18.1. The van der Waals surface area contributed by atoms with E-state index in [4.69, 9.17) is 4.98 Å². The third-order valence-electron chi connectivity index (χ3n) is 4.79. The van der Waals surface area contributed by atoms with Gasteiger partial charge in [0.1, 0.15) is 5.54 Å². The molecule has 0 bridgehead atoms. The maximum atomic E-state index is 13.2. The van der Waals surface area contributed by atoms with Crippen molar-refractivity contribution in [2.24, 2.45) is 0 Å². The van der Waals surface area contributed by atoms with Crippen LogP contribution >= 0.6 is 22.7 Å². The quantitative estimate of drug-likeness (QED) is 0.720. The van der Waals surface area contributed by atoms with Crippen LogP contribution in [-0.4, -0.2) is 33.8 Å². The summed E-state index contributed by atoms with van der Waals surface area (Å²) < 4.78 is 1.80. The summed E-state index contributed by atoms with van der Waals surface area (Å²) in [5.74, 6) is -0.0367. The Balaban J connectivity index is 1.61. The number of anilines is 1. The Morgan fingerprint density at radius 1 is 1.27 bits per heavy atom. The van der Waals surface area contributed by atoms with Crippen LogP contribution in [0.25, 0.3) is 10.6 Å². The highest BCUT2D eigenvalue weighted by atomic mass is 32.1. The van der Waals surface area contributed by atoms with Gasteiger partial charge in [0, 0.05) is 22.1 Å². The smallest absolute Gasteiger partial charge is 0.254 e. The lowest BCUT2D eigenvalue weighted by molar-refractivity contribution is -0.126. The minimum Gasteiger partial charge on any atom is -0.317 e. The minimum atomic E-state index is -0.659. The normalized spacial score (nSPS) is 16.5. The second-order valence-corrected chi connectivity index (χ2v) is 9.01. The van der Waals surface area contributed by atoms with Crippen LogP contribution in [-0.2, 0) is 10.3 Å². The van der Waals surface area contributed by atoms with Crippen molar-refractivity contribution in [2.75, 3.05) is 18.4 Å². The van der Waals surface area contributed by atoms with E-state index in [9.17, 15) is 4.79 Å². The van der Waals surface area contributed by atoms with E-state index in [1.165, 1.54) is 16.2 Å². The molecule has 2 N–H and O–H groups in total. The highest BCUT2D eigenvalue weighted by molar-refractivity contribution is 7.18. The van der Waals surface area contributed by atoms with Gasteiger partial charge >= 0.3 is 0 Å². The van der Waals surface area contributed by atoms with Crippen molar-refractivity contribution in [3.63, 3.8) is 0 Å². The molecule has 1 saturated heterocycles. The molecule has 3 aromatic rings. The lowest BCUT2D eigenvalue weighted by Crippen LogP contribution is -2.52. The third kappa shape index (κ3) is 3.08. The number of hydrogen-bond acceptors (Lipinski definition) is 6. The monoisotopic (exact) mass is 387 g/mol. The average molecular weight is 388 g/mol. The van der Waals surface area contributed by atoms with Crippen molar-refractivity contribution in [3.8, 4) is 10.6 Å². The molecule has 4 heterocycles. The number of thiazole rings is 1. The second-order valence-electron chi connectivity index (χ2n) is 6.52. The van der Waals surface area contributed by atoms with Crippen LogP contribution in [0.4, 0.5) is 5.13 Å². The molecular weight excluding hydrogens is 366 g/mol. The molecule has 8 heteroatoms. The number of amides is 1. The van der Waals surface area contributed by atoms with Gasteiger partial charge in [-0.1, -0.05) is 0 Å². The Labute approximate surface area is 160 Å². The standard InChI is InChI=1S/C18H21N5OS2/c1-12-4-5-14(25-12)15-13(2)26-17(21-15)22-16(24)18(6-9-19-10-7-18)23-11-3-8-20-23/h3-5,8,11,19H,6-7,9-10H2,1-2H3,(H,21,22,24). The maximum absolute atomic E-state index is 13.2. The van der Waals surface area contributed by atoms with Crippen LogP contribution in [0.2, 0.25) is 0 Å². The second kappa shape index (κ2) is 6.94. The zero-order valence-electron chi connectivity index (χ0n) is 14.8. The lowest BCUT2D eigenvalue weighted by Gasteiger charge is -2.36. The molecule has 1 fully saturated rings. The van der Waals surface area contributed by atoms with Crippen molar-refractivity contribution in [1.82, 2.24) is 20.1 Å². The summed E-state index contributed by atoms with van der Waals surface area (Å²) in [6, 6.07) is 6.05. The Bertz CT molecular complexity index is 906. The van der Waals surface area contributed by atoms with Gasteiger partial charge in [-0.05, 0) is 58.0 Å². The molecule has 0 atom stereocenters. The Kier molecular flexibility index (Phi) is 4.64. The van der Waals surface area contributed by atoms with Crippen molar-refractivity contribution in [3.05, 3.63) is 40.3 Å². The van der Waals surface area contributed by atoms with E-state index < -0.39 is 5.54 Å². The first-order valence-electron chi connectivity index (χ1n) is 8.65. The number of nitrogens with one attached hydrogen (secondary N) is 2. The topological polar surface area (TPSA) is 71.8 Å². The summed E-state index contributed by atoms with van der Waals surface area (Å²) in [4.78, 5) is 21.4. The number of rotatable bonds is 4. The van der Waals surface area contributed by atoms with E-state index in [1.54, 1.807) is 22.2 Å². The van der Waals surface area contributed by atoms with Crippen LogP contribution in [0.5, 0.6) is 0 Å². The predicted molar refractivity (Wildman–Crippen MR) is 106 cm³/mol. The summed E-state index contributed by atoms with van der Waals surface area (Å²) in [5, 5.41) is 11.4. The first-order chi connectivity index (χ1) is 12.6. The van der Waals surface area contributed by atoms with Crippen molar-refractivity contribution in [1.29, 1.82) is 0 Å². The molecule has 1 aliphatic heterocycles. The van der Waals surface area contributed by atoms with Gasteiger partial charge in [-0.2, -0.15) is 5.10 Å². The van der Waals surface area contributed by atoms with Crippen LogP contribution in [0, 0.1) is 13.8 Å². The summed E-state index contributed by atoms with van der Waals surface area (Å²) in [6.07, 6.45) is 5.02. The van der Waals surface area contributed by atoms with Gasteiger partial charge in [-0.15, -0.1) is 22.7 Å². The van der Waals surface area contributed by atoms with Crippen molar-refractivity contribution >= 4 is 33.7 Å². The van der Waals surface area contributed by atoms with Crippen molar-refractivity contribution < 1.29 is 4.79 Å². The number of aryl methyl sites for hydroxylation is 2. The molecule has 0 spiro atoms. The van der Waals surface area contributed by atoms with E-state index in [1.807, 2.05) is 19.2 Å². The van der Waals surface area contributed by atoms with Crippen LogP contribution in [0.3, 0.4) is 0 Å². The van der Waals surface area contributed by atoms with E-state index >= 15 is 0 Å². The van der Waals surface area contributed by atoms with Crippen LogP contribution < -0.4 is 10.6 Å². The highest BCUT2D eigenvalue weighted by Gasteiger charge is 2.42. The number of carbonyl (C=O) groups is 1. The zero-order valence-corrected chi connectivity index (χ0v) is 16.4. The number of piperidine rings is 1. The molecule has 1 amide bonds. The van der Waals surface area contributed by atoms with E-state index in [2.05, 4.69) is 34.8 Å². The first kappa shape index (κ1) is 17.4. The summed E-state index contributed by atoms with van der Waals surface area (Å²) in [5.41, 5.74) is 0.301. The van der Waals surface area contributed by atoms with Gasteiger partial charge in [-0.25, -0.2) is 4.98 Å². The molecule has 0 radical (unpaired) electrons. The largest absolute Gasteiger partial charge is 0.317 e. The molecular formula is C18H21N5OS2. The van der Waals surface area contributed by atoms with Gasteiger partial charge < -0.3 is 5.32 Å². The number of hydrogen-bond donors (Lipinski definition) is 2. The van der Waals surface area contributed by atoms with Crippen molar-refractivity contribution in [2.45, 2.75) is 32.2 Å². The summed E-state index contributed by atoms with van der Waals surface area (Å²) >= 11 is 3.25. The third-order valence-corrected chi connectivity index (χ3v) is 6.68. The number of thiophene rings is 1. The summed E-state index contributed by atoms with van der Waals surface area (Å²) in [7, 11) is 0. The van der Waals surface area contributed by atoms with E-state index in [-0.39, 0.29) is 5.91 Å². The fraction of sp³-hybridized carbons (Fsp3) is 0.389. The van der Waals surface area contributed by atoms with Gasteiger partial charge in [0.25, 0.3) is 5.91 Å². The molecule has 0 unspecified atom stereocenters. The van der Waals surface area contributed by atoms with E-state index in [0.717, 1.165) is 28.5 Å². The SMILES string of the molecule is Cc1ccc(-c2nc(NC(=O)C3(n4cccn4)CCNCC3)sc2C)s1. The fourth-order valence-corrected chi connectivity index (χ4v) is 5.18. The van der Waals surface area contributed by atoms with Crippen LogP contribution in [0.1, 0.15) is 22.6 Å². The Hall–Kier alpha value is -2.03. The number of aromatic nitrogens is 3. The number of carbonyl (C=O) groups excluding carboxylic acids is 1. The molecule has 0 saturated carbocycles. The Morgan fingerprint density at radius 2 is 2.08 bits per heavy atom. The minimum absolute atomic E-state index is 0.0367. The fourth-order valence-electron chi connectivity index (χ4n) is 3.38. The predicted octanol–water partition coefficient (Wildman–Crippen LogP) is 3.40. The molecule has 26 heavy (non-hydrogen) atoms. The van der Waals surface area contributed by atoms with Gasteiger partial charge in [0.05, 0.1) is 10.6 Å². The lowest BCUT2D eigenvalue weighted by atomic mass is 9.87. The molecule has 3 aromatic heterocycles. The van der Waals surface area contributed by atoms with Gasteiger partial charge in [0.15, 0.2) is 5.13 Å². The van der Waals surface area contributed by atoms with Gasteiger partial charge in [0.2, 0.25) is 0 Å². The molecule has 1 aliphatic rings. The molecule has 0 aliphatic carbocycles. The molecule has 4 rings (SSSR count). The van der Waals surface area contributed by atoms with E-state index in [0.29, 0.717) is 18.0 Å². The first-order valence-corrected chi connectivity index (χ1v) is 10.3. The van der Waals surface area contributed by atoms with Gasteiger partial charge in [-0.3, -0.25) is 14.8 Å². The Morgan fingerprint density at radius 3 is 2.73 bits per heavy atom. The average Bonchev–Trinajstić information content (AvgIpc) is 3.37. The molecule has 0 aromatic carbocycles. The molecule has 6 nitrogen and oxygen atoms in total. The number of nitrogens with zero attached hydrogens (tertiary/aromatic N) is 3.